The molecule has 19 heavy (non-hydrogen) atoms. The number of ether oxygens (including phenoxy) is 1. The summed E-state index contributed by atoms with van der Waals surface area (Å²) in [5.74, 6) is 0.843. The van der Waals surface area contributed by atoms with Crippen LogP contribution in [0, 0.1) is 0 Å². The van der Waals surface area contributed by atoms with E-state index in [9.17, 15) is 4.79 Å². The number of carbonyl (C=O) groups excluding carboxylic acids is 1. The van der Waals surface area contributed by atoms with E-state index in [-0.39, 0.29) is 18.6 Å². The lowest BCUT2D eigenvalue weighted by Crippen LogP contribution is -2.34. The Morgan fingerprint density at radius 1 is 1.42 bits per heavy atom. The third-order valence-corrected chi connectivity index (χ3v) is 3.74. The van der Waals surface area contributed by atoms with Gasteiger partial charge in [-0.1, -0.05) is 12.1 Å². The number of nitrogens with two attached hydrogens (primary N) is 1. The SMILES string of the molecule is CCN(CC)C(=O)COc1cccc2c1CCC2N. The van der Waals surface area contributed by atoms with Gasteiger partial charge in [0.25, 0.3) is 5.91 Å². The normalized spacial score (nSPS) is 17.1. The summed E-state index contributed by atoms with van der Waals surface area (Å²) in [5.41, 5.74) is 8.36. The van der Waals surface area contributed by atoms with E-state index in [1.54, 1.807) is 4.90 Å². The van der Waals surface area contributed by atoms with Crippen LogP contribution in [0.2, 0.25) is 0 Å². The minimum Gasteiger partial charge on any atom is -0.483 e. The monoisotopic (exact) mass is 262 g/mol. The quantitative estimate of drug-likeness (QED) is 0.881. The molecule has 1 aliphatic rings. The molecule has 0 spiro atoms. The molecule has 2 rings (SSSR count). The summed E-state index contributed by atoms with van der Waals surface area (Å²) in [5, 5.41) is 0. The highest BCUT2D eigenvalue weighted by molar-refractivity contribution is 5.77. The Morgan fingerprint density at radius 3 is 2.84 bits per heavy atom. The third-order valence-electron chi connectivity index (χ3n) is 3.74. The number of likely N-dealkylation sites (N-methyl/N-ethyl adjacent to an activating group) is 1. The molecule has 0 heterocycles. The first-order valence-electron chi connectivity index (χ1n) is 6.95. The fraction of sp³-hybridized carbons (Fsp3) is 0.533. The first-order valence-corrected chi connectivity index (χ1v) is 6.95. The number of hydrogen-bond donors (Lipinski definition) is 1. The summed E-state index contributed by atoms with van der Waals surface area (Å²) in [6.07, 6.45) is 1.89. The summed E-state index contributed by atoms with van der Waals surface area (Å²) in [6.45, 7) is 5.49. The maximum Gasteiger partial charge on any atom is 0.260 e. The molecule has 0 saturated carbocycles. The molecule has 0 saturated heterocycles. The molecule has 1 aromatic carbocycles. The van der Waals surface area contributed by atoms with E-state index < -0.39 is 0 Å². The zero-order valence-electron chi connectivity index (χ0n) is 11.7. The standard InChI is InChI=1S/C15H22N2O2/c1-3-17(4-2)15(18)10-19-14-7-5-6-11-12(14)8-9-13(11)16/h5-7,13H,3-4,8-10,16H2,1-2H3. The van der Waals surface area contributed by atoms with Gasteiger partial charge in [-0.05, 0) is 43.9 Å². The number of hydrogen-bond acceptors (Lipinski definition) is 3. The van der Waals surface area contributed by atoms with Crippen LogP contribution in [-0.4, -0.2) is 30.5 Å². The Hall–Kier alpha value is -1.55. The number of nitrogens with zero attached hydrogens (tertiary/aromatic N) is 1. The van der Waals surface area contributed by atoms with E-state index in [1.165, 1.54) is 5.56 Å². The molecule has 2 N–H and O–H groups in total. The second-order valence-electron chi connectivity index (χ2n) is 4.82. The molecular formula is C15H22N2O2. The zero-order chi connectivity index (χ0) is 13.8. The van der Waals surface area contributed by atoms with E-state index in [2.05, 4.69) is 0 Å². The fourth-order valence-electron chi connectivity index (χ4n) is 2.60. The van der Waals surface area contributed by atoms with Crippen molar-refractivity contribution in [3.63, 3.8) is 0 Å². The van der Waals surface area contributed by atoms with Crippen LogP contribution in [-0.2, 0) is 11.2 Å². The van der Waals surface area contributed by atoms with Gasteiger partial charge in [-0.2, -0.15) is 0 Å². The van der Waals surface area contributed by atoms with E-state index in [1.807, 2.05) is 32.0 Å². The predicted octanol–water partition coefficient (Wildman–Crippen LogP) is 1.88. The average molecular weight is 262 g/mol. The first kappa shape index (κ1) is 13.9. The number of benzene rings is 1. The lowest BCUT2D eigenvalue weighted by molar-refractivity contribution is -0.132. The maximum absolute atomic E-state index is 11.9. The second-order valence-corrected chi connectivity index (χ2v) is 4.82. The van der Waals surface area contributed by atoms with Crippen molar-refractivity contribution in [2.24, 2.45) is 5.73 Å². The lowest BCUT2D eigenvalue weighted by Gasteiger charge is -2.19. The lowest BCUT2D eigenvalue weighted by atomic mass is 10.1. The number of carbonyl (C=O) groups is 1. The van der Waals surface area contributed by atoms with Crippen LogP contribution in [0.4, 0.5) is 0 Å². The molecule has 0 bridgehead atoms. The van der Waals surface area contributed by atoms with Crippen LogP contribution in [0.5, 0.6) is 5.75 Å². The van der Waals surface area contributed by atoms with Crippen LogP contribution >= 0.6 is 0 Å². The van der Waals surface area contributed by atoms with Crippen LogP contribution in [0.15, 0.2) is 18.2 Å². The Kier molecular flexibility index (Phi) is 4.43. The van der Waals surface area contributed by atoms with Crippen LogP contribution in [0.1, 0.15) is 37.4 Å². The minimum atomic E-state index is 0.0323. The third kappa shape index (κ3) is 2.89. The van der Waals surface area contributed by atoms with Gasteiger partial charge in [0, 0.05) is 19.1 Å². The van der Waals surface area contributed by atoms with E-state index in [0.717, 1.165) is 37.2 Å². The van der Waals surface area contributed by atoms with Crippen molar-refractivity contribution in [1.82, 2.24) is 4.90 Å². The molecule has 4 heteroatoms. The van der Waals surface area contributed by atoms with Crippen LogP contribution < -0.4 is 10.5 Å². The first-order chi connectivity index (χ1) is 9.17. The smallest absolute Gasteiger partial charge is 0.260 e. The summed E-state index contributed by atoms with van der Waals surface area (Å²) < 4.78 is 5.70. The molecule has 104 valence electrons. The molecule has 0 aromatic heterocycles. The van der Waals surface area contributed by atoms with Crippen LogP contribution in [0.3, 0.4) is 0 Å². The van der Waals surface area contributed by atoms with Gasteiger partial charge in [0.15, 0.2) is 6.61 Å². The van der Waals surface area contributed by atoms with Gasteiger partial charge in [-0.15, -0.1) is 0 Å². The molecule has 0 fully saturated rings. The van der Waals surface area contributed by atoms with Crippen molar-refractivity contribution in [3.05, 3.63) is 29.3 Å². The Bertz CT molecular complexity index is 455. The molecule has 1 aliphatic carbocycles. The highest BCUT2D eigenvalue weighted by Crippen LogP contribution is 2.35. The van der Waals surface area contributed by atoms with Crippen molar-refractivity contribution in [1.29, 1.82) is 0 Å². The van der Waals surface area contributed by atoms with Gasteiger partial charge in [0.2, 0.25) is 0 Å². The van der Waals surface area contributed by atoms with Gasteiger partial charge in [-0.25, -0.2) is 0 Å². The number of amides is 1. The largest absolute Gasteiger partial charge is 0.483 e. The maximum atomic E-state index is 11.9. The van der Waals surface area contributed by atoms with E-state index in [0.29, 0.717) is 0 Å². The van der Waals surface area contributed by atoms with Crippen LogP contribution in [0.25, 0.3) is 0 Å². The van der Waals surface area contributed by atoms with Gasteiger partial charge in [-0.3, -0.25) is 4.79 Å². The van der Waals surface area contributed by atoms with E-state index in [4.69, 9.17) is 10.5 Å². The van der Waals surface area contributed by atoms with Crippen molar-refractivity contribution >= 4 is 5.91 Å². The topological polar surface area (TPSA) is 55.6 Å². The fourth-order valence-corrected chi connectivity index (χ4v) is 2.60. The van der Waals surface area contributed by atoms with Gasteiger partial charge < -0.3 is 15.4 Å². The van der Waals surface area contributed by atoms with Gasteiger partial charge >= 0.3 is 0 Å². The van der Waals surface area contributed by atoms with Gasteiger partial charge in [0.1, 0.15) is 5.75 Å². The molecule has 1 atom stereocenters. The van der Waals surface area contributed by atoms with Crippen molar-refractivity contribution < 1.29 is 9.53 Å². The van der Waals surface area contributed by atoms with Crippen molar-refractivity contribution in [3.8, 4) is 5.75 Å². The highest BCUT2D eigenvalue weighted by atomic mass is 16.5. The summed E-state index contributed by atoms with van der Waals surface area (Å²) in [7, 11) is 0. The molecule has 1 aromatic rings. The Balaban J connectivity index is 2.03. The summed E-state index contributed by atoms with van der Waals surface area (Å²) >= 11 is 0. The molecule has 1 unspecified atom stereocenters. The number of rotatable bonds is 5. The summed E-state index contributed by atoms with van der Waals surface area (Å²) in [4.78, 5) is 13.7. The Labute approximate surface area is 114 Å². The molecule has 0 radical (unpaired) electrons. The molecule has 4 nitrogen and oxygen atoms in total. The highest BCUT2D eigenvalue weighted by Gasteiger charge is 2.22. The number of fused-ring (bicyclic) bond motifs is 1. The Morgan fingerprint density at radius 2 is 2.16 bits per heavy atom. The molecule has 1 amide bonds. The minimum absolute atomic E-state index is 0.0323. The second kappa shape index (κ2) is 6.06. The van der Waals surface area contributed by atoms with Gasteiger partial charge in [0.05, 0.1) is 0 Å². The molecular weight excluding hydrogens is 240 g/mol. The molecule has 0 aliphatic heterocycles. The predicted molar refractivity (Wildman–Crippen MR) is 75.1 cm³/mol. The summed E-state index contributed by atoms with van der Waals surface area (Å²) in [6, 6.07) is 6.02. The zero-order valence-corrected chi connectivity index (χ0v) is 11.7. The van der Waals surface area contributed by atoms with E-state index >= 15 is 0 Å². The van der Waals surface area contributed by atoms with Crippen molar-refractivity contribution in [2.45, 2.75) is 32.7 Å². The van der Waals surface area contributed by atoms with Crippen molar-refractivity contribution in [2.75, 3.05) is 19.7 Å². The average Bonchev–Trinajstić information content (AvgIpc) is 2.80.